The fourth-order valence-corrected chi connectivity index (χ4v) is 4.59. The molecular weight excluding hydrogens is 512 g/mol. The minimum absolute atomic E-state index is 0.0291. The molecule has 0 aromatic heterocycles. The number of esters is 1. The normalized spacial score (nSPS) is 12.5. The fraction of sp³-hybridized carbons (Fsp3) is 0.871. The van der Waals surface area contributed by atoms with E-state index in [0.717, 1.165) is 51.4 Å². The SMILES string of the molecule is CCCCCCCCCC(=O)OC(CCCCCCCC)CCCCCCC(=O)NCC(=O)NC(CO)C(=O)O. The molecule has 0 aliphatic rings. The molecule has 40 heavy (non-hydrogen) atoms. The van der Waals surface area contributed by atoms with Crippen LogP contribution in [0.1, 0.15) is 149 Å². The van der Waals surface area contributed by atoms with Gasteiger partial charge in [-0.2, -0.15) is 0 Å². The lowest BCUT2D eigenvalue weighted by Crippen LogP contribution is -2.47. The first-order valence-electron chi connectivity index (χ1n) is 15.9. The number of rotatable bonds is 28. The Labute approximate surface area is 242 Å². The van der Waals surface area contributed by atoms with Crippen LogP contribution in [-0.4, -0.2) is 59.3 Å². The molecule has 0 aliphatic carbocycles. The van der Waals surface area contributed by atoms with Gasteiger partial charge in [0.1, 0.15) is 12.1 Å². The van der Waals surface area contributed by atoms with Crippen LogP contribution in [0, 0.1) is 0 Å². The van der Waals surface area contributed by atoms with E-state index in [4.69, 9.17) is 14.9 Å². The fourth-order valence-electron chi connectivity index (χ4n) is 4.59. The number of carbonyl (C=O) groups excluding carboxylic acids is 3. The van der Waals surface area contributed by atoms with E-state index < -0.39 is 24.5 Å². The Morgan fingerprint density at radius 2 is 1.12 bits per heavy atom. The second kappa shape index (κ2) is 27.0. The van der Waals surface area contributed by atoms with Gasteiger partial charge in [-0.1, -0.05) is 97.3 Å². The third kappa shape index (κ3) is 23.7. The highest BCUT2D eigenvalue weighted by Gasteiger charge is 2.19. The number of aliphatic hydroxyl groups excluding tert-OH is 1. The van der Waals surface area contributed by atoms with Gasteiger partial charge in [0.25, 0.3) is 0 Å². The van der Waals surface area contributed by atoms with Crippen LogP contribution in [0.15, 0.2) is 0 Å². The van der Waals surface area contributed by atoms with Crippen molar-refractivity contribution < 1.29 is 34.1 Å². The predicted molar refractivity (Wildman–Crippen MR) is 158 cm³/mol. The third-order valence-electron chi connectivity index (χ3n) is 7.10. The van der Waals surface area contributed by atoms with Crippen molar-refractivity contribution in [2.24, 2.45) is 0 Å². The molecule has 0 saturated carbocycles. The Balaban J connectivity index is 4.21. The molecule has 2 atom stereocenters. The van der Waals surface area contributed by atoms with Gasteiger partial charge in [0.15, 0.2) is 0 Å². The van der Waals surface area contributed by atoms with E-state index in [9.17, 15) is 19.2 Å². The maximum Gasteiger partial charge on any atom is 0.328 e. The minimum Gasteiger partial charge on any atom is -0.480 e. The lowest BCUT2D eigenvalue weighted by atomic mass is 10.0. The number of carboxylic acid groups (broad SMARTS) is 1. The number of ether oxygens (including phenoxy) is 1. The van der Waals surface area contributed by atoms with E-state index in [1.807, 2.05) is 0 Å². The van der Waals surface area contributed by atoms with Crippen LogP contribution < -0.4 is 10.6 Å². The third-order valence-corrected chi connectivity index (χ3v) is 7.10. The zero-order valence-corrected chi connectivity index (χ0v) is 25.4. The highest BCUT2D eigenvalue weighted by molar-refractivity contribution is 5.87. The summed E-state index contributed by atoms with van der Waals surface area (Å²) in [6.07, 6.45) is 21.4. The molecule has 2 amide bonds. The lowest BCUT2D eigenvalue weighted by Gasteiger charge is -2.18. The Bertz CT molecular complexity index is 672. The Hall–Kier alpha value is -2.16. The number of hydrogen-bond donors (Lipinski definition) is 4. The molecule has 0 spiro atoms. The Morgan fingerprint density at radius 3 is 1.62 bits per heavy atom. The molecule has 0 rings (SSSR count). The highest BCUT2D eigenvalue weighted by Crippen LogP contribution is 2.18. The molecule has 9 nitrogen and oxygen atoms in total. The number of aliphatic carboxylic acids is 1. The van der Waals surface area contributed by atoms with Crippen molar-refractivity contribution in [1.29, 1.82) is 0 Å². The summed E-state index contributed by atoms with van der Waals surface area (Å²) in [5, 5.41) is 22.4. The van der Waals surface area contributed by atoms with Gasteiger partial charge in [-0.05, 0) is 38.5 Å². The smallest absolute Gasteiger partial charge is 0.328 e. The molecule has 0 radical (unpaired) electrons. The van der Waals surface area contributed by atoms with Crippen molar-refractivity contribution >= 4 is 23.8 Å². The number of carboxylic acids is 1. The molecule has 0 fully saturated rings. The van der Waals surface area contributed by atoms with E-state index in [0.29, 0.717) is 12.8 Å². The summed E-state index contributed by atoms with van der Waals surface area (Å²) in [5.41, 5.74) is 0. The first-order valence-corrected chi connectivity index (χ1v) is 15.9. The van der Waals surface area contributed by atoms with Gasteiger partial charge in [0, 0.05) is 12.8 Å². The average molecular weight is 571 g/mol. The summed E-state index contributed by atoms with van der Waals surface area (Å²) < 4.78 is 5.88. The van der Waals surface area contributed by atoms with Crippen LogP contribution in [0.3, 0.4) is 0 Å². The number of hydrogen-bond acceptors (Lipinski definition) is 6. The number of aliphatic hydroxyl groups is 1. The van der Waals surface area contributed by atoms with Gasteiger partial charge in [0.2, 0.25) is 11.8 Å². The predicted octanol–water partition coefficient (Wildman–Crippen LogP) is 5.81. The molecule has 0 aromatic rings. The number of carbonyl (C=O) groups is 4. The van der Waals surface area contributed by atoms with Gasteiger partial charge < -0.3 is 25.6 Å². The lowest BCUT2D eigenvalue weighted by molar-refractivity contribution is -0.150. The van der Waals surface area contributed by atoms with E-state index in [1.165, 1.54) is 64.2 Å². The molecule has 9 heteroatoms. The number of unbranched alkanes of at least 4 members (excludes halogenated alkanes) is 14. The Morgan fingerprint density at radius 1 is 0.650 bits per heavy atom. The van der Waals surface area contributed by atoms with Crippen LogP contribution in [0.25, 0.3) is 0 Å². The van der Waals surface area contributed by atoms with E-state index in [2.05, 4.69) is 24.5 Å². The van der Waals surface area contributed by atoms with E-state index in [1.54, 1.807) is 0 Å². The summed E-state index contributed by atoms with van der Waals surface area (Å²) >= 11 is 0. The summed E-state index contributed by atoms with van der Waals surface area (Å²) in [6.45, 7) is 3.38. The minimum atomic E-state index is -1.38. The molecule has 0 heterocycles. The molecule has 0 aromatic carbocycles. The van der Waals surface area contributed by atoms with Crippen LogP contribution >= 0.6 is 0 Å². The monoisotopic (exact) mass is 570 g/mol. The van der Waals surface area contributed by atoms with E-state index in [-0.39, 0.29) is 30.9 Å². The van der Waals surface area contributed by atoms with Crippen molar-refractivity contribution in [1.82, 2.24) is 10.6 Å². The summed E-state index contributed by atoms with van der Waals surface area (Å²) in [6, 6.07) is -1.38. The first kappa shape index (κ1) is 37.8. The van der Waals surface area contributed by atoms with Crippen molar-refractivity contribution in [2.45, 2.75) is 161 Å². The zero-order chi connectivity index (χ0) is 29.8. The van der Waals surface area contributed by atoms with Gasteiger partial charge in [-0.15, -0.1) is 0 Å². The number of nitrogens with one attached hydrogen (secondary N) is 2. The van der Waals surface area contributed by atoms with Gasteiger partial charge in [-0.25, -0.2) is 4.79 Å². The summed E-state index contributed by atoms with van der Waals surface area (Å²) in [4.78, 5) is 47.0. The second-order valence-electron chi connectivity index (χ2n) is 10.9. The van der Waals surface area contributed by atoms with Crippen LogP contribution in [0.5, 0.6) is 0 Å². The van der Waals surface area contributed by atoms with Gasteiger partial charge >= 0.3 is 11.9 Å². The van der Waals surface area contributed by atoms with Crippen LogP contribution in [0.2, 0.25) is 0 Å². The second-order valence-corrected chi connectivity index (χ2v) is 10.9. The molecule has 4 N–H and O–H groups in total. The highest BCUT2D eigenvalue weighted by atomic mass is 16.5. The van der Waals surface area contributed by atoms with E-state index >= 15 is 0 Å². The molecule has 234 valence electrons. The molecule has 0 aliphatic heterocycles. The maximum atomic E-state index is 12.5. The Kier molecular flexibility index (Phi) is 25.6. The van der Waals surface area contributed by atoms with Crippen molar-refractivity contribution in [2.75, 3.05) is 13.2 Å². The molecular formula is C31H58N2O7. The van der Waals surface area contributed by atoms with Crippen LogP contribution in [0.4, 0.5) is 0 Å². The quantitative estimate of drug-likeness (QED) is 0.0687. The maximum absolute atomic E-state index is 12.5. The topological polar surface area (TPSA) is 142 Å². The van der Waals surface area contributed by atoms with Crippen molar-refractivity contribution in [3.63, 3.8) is 0 Å². The number of amides is 2. The summed E-state index contributed by atoms with van der Waals surface area (Å²) in [7, 11) is 0. The largest absolute Gasteiger partial charge is 0.480 e. The molecule has 2 unspecified atom stereocenters. The van der Waals surface area contributed by atoms with Crippen molar-refractivity contribution in [3.8, 4) is 0 Å². The standard InChI is InChI=1S/C31H58N2O7/c1-3-5-7-9-11-13-19-23-30(37)40-26(20-16-12-10-8-6-4-2)21-17-14-15-18-22-28(35)32-24-29(36)33-27(25-34)31(38)39/h26-27,34H,3-25H2,1-2H3,(H,32,35)(H,33,36)(H,38,39). The average Bonchev–Trinajstić information content (AvgIpc) is 2.93. The van der Waals surface area contributed by atoms with Gasteiger partial charge in [-0.3, -0.25) is 14.4 Å². The molecule has 0 bridgehead atoms. The zero-order valence-electron chi connectivity index (χ0n) is 25.4. The van der Waals surface area contributed by atoms with Crippen molar-refractivity contribution in [3.05, 3.63) is 0 Å². The molecule has 0 saturated heterocycles. The van der Waals surface area contributed by atoms with Gasteiger partial charge in [0.05, 0.1) is 13.2 Å². The van der Waals surface area contributed by atoms with Crippen LogP contribution in [-0.2, 0) is 23.9 Å². The summed E-state index contributed by atoms with van der Waals surface area (Å²) in [5.74, 6) is -2.34. The first-order chi connectivity index (χ1) is 19.3.